The number of halogens is 3. The summed E-state index contributed by atoms with van der Waals surface area (Å²) in [6.45, 7) is 0. The molecule has 1 heterocycles. The zero-order valence-corrected chi connectivity index (χ0v) is 12.6. The van der Waals surface area contributed by atoms with E-state index in [4.69, 9.17) is 10.3 Å². The van der Waals surface area contributed by atoms with E-state index in [1.807, 2.05) is 0 Å². The van der Waals surface area contributed by atoms with Crippen molar-refractivity contribution < 1.29 is 13.3 Å². The first-order valence-corrected chi connectivity index (χ1v) is 7.15. The summed E-state index contributed by atoms with van der Waals surface area (Å²) >= 11 is 0. The Kier molecular flexibility index (Phi) is 3.69. The van der Waals surface area contributed by atoms with Crippen LogP contribution in [-0.2, 0) is 5.54 Å². The van der Waals surface area contributed by atoms with E-state index < -0.39 is 17.2 Å². The minimum absolute atomic E-state index is 0. The first-order valence-electron chi connectivity index (χ1n) is 7.15. The number of nitrogens with two attached hydrogens (primary N) is 1. The van der Waals surface area contributed by atoms with Crippen LogP contribution in [0.3, 0.4) is 0 Å². The Bertz CT molecular complexity index is 702. The number of rotatable bonds is 3. The van der Waals surface area contributed by atoms with Crippen LogP contribution < -0.4 is 5.73 Å². The van der Waals surface area contributed by atoms with Gasteiger partial charge < -0.3 is 10.3 Å². The van der Waals surface area contributed by atoms with Crippen molar-refractivity contribution in [2.24, 2.45) is 5.73 Å². The molecule has 0 aliphatic heterocycles. The number of hydrogen-bond acceptors (Lipinski definition) is 4. The second-order valence-electron chi connectivity index (χ2n) is 6.08. The van der Waals surface area contributed by atoms with Crippen LogP contribution in [0, 0.1) is 11.6 Å². The Labute approximate surface area is 132 Å². The van der Waals surface area contributed by atoms with Gasteiger partial charge in [-0.1, -0.05) is 5.16 Å². The largest absolute Gasteiger partial charge is 0.339 e. The van der Waals surface area contributed by atoms with E-state index in [9.17, 15) is 8.78 Å². The molecule has 0 amide bonds. The molecule has 0 bridgehead atoms. The molecule has 1 aromatic carbocycles. The van der Waals surface area contributed by atoms with Gasteiger partial charge in [0.05, 0.1) is 5.54 Å². The lowest BCUT2D eigenvalue weighted by Gasteiger charge is -2.34. The average molecular weight is 328 g/mol. The van der Waals surface area contributed by atoms with Gasteiger partial charge in [-0.2, -0.15) is 4.98 Å². The third kappa shape index (κ3) is 2.40. The standard InChI is InChI=1S/C15H15F2N3O.ClH/c16-8-2-3-12(17)10(6-8)9-7-11(9)13-19-14(20-21-13)15(18)4-1-5-15;/h2-3,6,9,11H,1,4-5,7,18H2;1H. The molecule has 2 unspecified atom stereocenters. The summed E-state index contributed by atoms with van der Waals surface area (Å²) in [6, 6.07) is 3.52. The van der Waals surface area contributed by atoms with Crippen LogP contribution in [-0.4, -0.2) is 10.1 Å². The highest BCUT2D eigenvalue weighted by Crippen LogP contribution is 2.55. The van der Waals surface area contributed by atoms with Crippen LogP contribution in [0.25, 0.3) is 0 Å². The minimum Gasteiger partial charge on any atom is -0.339 e. The molecule has 0 spiro atoms. The van der Waals surface area contributed by atoms with Crippen molar-refractivity contribution in [3.8, 4) is 0 Å². The van der Waals surface area contributed by atoms with Gasteiger partial charge in [-0.25, -0.2) is 8.78 Å². The number of benzene rings is 1. The predicted molar refractivity (Wildman–Crippen MR) is 77.7 cm³/mol. The molecule has 2 atom stereocenters. The monoisotopic (exact) mass is 327 g/mol. The second-order valence-corrected chi connectivity index (χ2v) is 6.08. The number of hydrogen-bond donors (Lipinski definition) is 1. The third-order valence-electron chi connectivity index (χ3n) is 4.60. The molecule has 2 aliphatic carbocycles. The first-order chi connectivity index (χ1) is 10.1. The summed E-state index contributed by atoms with van der Waals surface area (Å²) < 4.78 is 32.3. The number of aromatic nitrogens is 2. The van der Waals surface area contributed by atoms with Crippen LogP contribution in [0.5, 0.6) is 0 Å². The fourth-order valence-corrected chi connectivity index (χ4v) is 2.98. The fraction of sp³-hybridized carbons (Fsp3) is 0.467. The second kappa shape index (κ2) is 5.28. The average Bonchev–Trinajstić information content (AvgIpc) is 3.07. The van der Waals surface area contributed by atoms with Crippen molar-refractivity contribution in [2.45, 2.75) is 43.1 Å². The lowest BCUT2D eigenvalue weighted by atomic mass is 9.77. The SMILES string of the molecule is Cl.NC1(c2noc(C3CC3c3cc(F)ccc3F)n2)CCC1. The summed E-state index contributed by atoms with van der Waals surface area (Å²) in [4.78, 5) is 4.37. The van der Waals surface area contributed by atoms with E-state index in [1.54, 1.807) is 0 Å². The Morgan fingerprint density at radius 2 is 2.00 bits per heavy atom. The molecule has 1 aromatic heterocycles. The highest BCUT2D eigenvalue weighted by molar-refractivity contribution is 5.85. The smallest absolute Gasteiger partial charge is 0.230 e. The quantitative estimate of drug-likeness (QED) is 0.938. The van der Waals surface area contributed by atoms with Gasteiger partial charge in [0, 0.05) is 5.92 Å². The van der Waals surface area contributed by atoms with Crippen LogP contribution >= 0.6 is 12.4 Å². The van der Waals surface area contributed by atoms with Crippen molar-refractivity contribution in [1.82, 2.24) is 10.1 Å². The van der Waals surface area contributed by atoms with Crippen molar-refractivity contribution in [3.05, 3.63) is 47.1 Å². The van der Waals surface area contributed by atoms with E-state index in [-0.39, 0.29) is 24.2 Å². The summed E-state index contributed by atoms with van der Waals surface area (Å²) in [5, 5.41) is 3.96. The van der Waals surface area contributed by atoms with E-state index in [2.05, 4.69) is 10.1 Å². The van der Waals surface area contributed by atoms with E-state index in [1.165, 1.54) is 6.07 Å². The van der Waals surface area contributed by atoms with Gasteiger partial charge in [0.1, 0.15) is 11.6 Å². The first kappa shape index (κ1) is 15.4. The summed E-state index contributed by atoms with van der Waals surface area (Å²) in [5.41, 5.74) is 6.07. The molecule has 4 rings (SSSR count). The highest BCUT2D eigenvalue weighted by Gasteiger charge is 2.47. The van der Waals surface area contributed by atoms with Crippen molar-refractivity contribution in [3.63, 3.8) is 0 Å². The van der Waals surface area contributed by atoms with Gasteiger partial charge in [0.15, 0.2) is 5.82 Å². The van der Waals surface area contributed by atoms with Gasteiger partial charge >= 0.3 is 0 Å². The molecule has 118 valence electrons. The summed E-state index contributed by atoms with van der Waals surface area (Å²) in [6.07, 6.45) is 3.48. The highest BCUT2D eigenvalue weighted by atomic mass is 35.5. The molecule has 2 fully saturated rings. The van der Waals surface area contributed by atoms with E-state index >= 15 is 0 Å². The van der Waals surface area contributed by atoms with Gasteiger partial charge in [-0.15, -0.1) is 12.4 Å². The summed E-state index contributed by atoms with van der Waals surface area (Å²) in [5.74, 6) is 0.0661. The molecular weight excluding hydrogens is 312 g/mol. The van der Waals surface area contributed by atoms with Crippen molar-refractivity contribution in [1.29, 1.82) is 0 Å². The van der Waals surface area contributed by atoms with Crippen molar-refractivity contribution >= 4 is 12.4 Å². The van der Waals surface area contributed by atoms with Crippen LogP contribution in [0.1, 0.15) is 54.8 Å². The van der Waals surface area contributed by atoms with Gasteiger partial charge in [-0.05, 0) is 55.4 Å². The van der Waals surface area contributed by atoms with Crippen LogP contribution in [0.15, 0.2) is 22.7 Å². The minimum atomic E-state index is -0.462. The van der Waals surface area contributed by atoms with Gasteiger partial charge in [0.2, 0.25) is 5.89 Å². The topological polar surface area (TPSA) is 64.9 Å². The molecule has 2 aliphatic rings. The Balaban J connectivity index is 0.00000144. The third-order valence-corrected chi connectivity index (χ3v) is 4.60. The lowest BCUT2D eigenvalue weighted by molar-refractivity contribution is 0.229. The van der Waals surface area contributed by atoms with E-state index in [0.717, 1.165) is 31.4 Å². The normalized spacial score (nSPS) is 25.2. The van der Waals surface area contributed by atoms with Crippen LogP contribution in [0.4, 0.5) is 8.78 Å². The molecule has 7 heteroatoms. The number of nitrogens with zero attached hydrogens (tertiary/aromatic N) is 2. The molecule has 22 heavy (non-hydrogen) atoms. The van der Waals surface area contributed by atoms with Crippen LogP contribution in [0.2, 0.25) is 0 Å². The molecule has 2 N–H and O–H groups in total. The fourth-order valence-electron chi connectivity index (χ4n) is 2.98. The predicted octanol–water partition coefficient (Wildman–Crippen LogP) is 3.38. The van der Waals surface area contributed by atoms with Gasteiger partial charge in [-0.3, -0.25) is 0 Å². The maximum absolute atomic E-state index is 13.8. The maximum atomic E-state index is 13.8. The molecule has 2 saturated carbocycles. The molecular formula is C15H16ClF2N3O. The lowest BCUT2D eigenvalue weighted by Crippen LogP contribution is -2.44. The molecule has 4 nitrogen and oxygen atoms in total. The van der Waals surface area contributed by atoms with E-state index in [0.29, 0.717) is 23.7 Å². The van der Waals surface area contributed by atoms with Gasteiger partial charge in [0.25, 0.3) is 0 Å². The molecule has 2 aromatic rings. The maximum Gasteiger partial charge on any atom is 0.230 e. The Morgan fingerprint density at radius 3 is 2.68 bits per heavy atom. The molecule has 0 radical (unpaired) electrons. The summed E-state index contributed by atoms with van der Waals surface area (Å²) in [7, 11) is 0. The molecule has 0 saturated heterocycles. The Hall–Kier alpha value is -1.53. The zero-order valence-electron chi connectivity index (χ0n) is 11.8. The zero-order chi connectivity index (χ0) is 14.6. The Morgan fingerprint density at radius 1 is 1.23 bits per heavy atom. The van der Waals surface area contributed by atoms with Crippen molar-refractivity contribution in [2.75, 3.05) is 0 Å².